The molecule has 4 nitrogen and oxygen atoms in total. The van der Waals surface area contributed by atoms with E-state index < -0.39 is 0 Å². The van der Waals surface area contributed by atoms with Gasteiger partial charge in [0.15, 0.2) is 0 Å². The Kier molecular flexibility index (Phi) is 4.44. The number of hydrazone groups is 1. The van der Waals surface area contributed by atoms with Crippen LogP contribution < -0.4 is 5.01 Å². The molecule has 0 saturated carbocycles. The first-order valence-electron chi connectivity index (χ1n) is 7.01. The lowest BCUT2D eigenvalue weighted by Gasteiger charge is -2.16. The molecule has 4 heteroatoms. The molecule has 0 aliphatic rings. The fourth-order valence-electron chi connectivity index (χ4n) is 2.14. The minimum absolute atomic E-state index is 0.646. The molecule has 0 fully saturated rings. The minimum atomic E-state index is 0.646. The summed E-state index contributed by atoms with van der Waals surface area (Å²) in [4.78, 5) is 0. The molecule has 2 aromatic rings. The lowest BCUT2D eigenvalue weighted by Crippen LogP contribution is -2.15. The molecular weight excluding hydrogens is 260 g/mol. The summed E-state index contributed by atoms with van der Waals surface area (Å²) in [7, 11) is 1.89. The maximum Gasteiger partial charge on any atom is 0.120 e. The number of nitrogens with zero attached hydrogens (tertiary/aromatic N) is 4. The molecule has 0 aliphatic carbocycles. The first-order chi connectivity index (χ1) is 10.1. The van der Waals surface area contributed by atoms with Gasteiger partial charge in [-0.3, -0.25) is 5.01 Å². The molecule has 2 rings (SSSR count). The van der Waals surface area contributed by atoms with Crippen molar-refractivity contribution in [3.05, 3.63) is 52.8 Å². The predicted octanol–water partition coefficient (Wildman–Crippen LogP) is 3.37. The highest BCUT2D eigenvalue weighted by Crippen LogP contribution is 2.16. The number of anilines is 1. The number of benzene rings is 1. The number of aryl methyl sites for hydroxylation is 1. The molecule has 0 spiro atoms. The van der Waals surface area contributed by atoms with Crippen molar-refractivity contribution in [2.45, 2.75) is 20.8 Å². The molecule has 1 aromatic heterocycles. The van der Waals surface area contributed by atoms with E-state index in [2.05, 4.69) is 49.3 Å². The molecule has 0 amide bonds. The van der Waals surface area contributed by atoms with E-state index >= 15 is 0 Å². The highest BCUT2D eigenvalue weighted by Gasteiger charge is 2.07. The molecule has 108 valence electrons. The molecule has 0 bridgehead atoms. The number of rotatable bonds is 4. The Labute approximate surface area is 125 Å². The average molecular weight is 280 g/mol. The Morgan fingerprint density at radius 1 is 1.29 bits per heavy atom. The van der Waals surface area contributed by atoms with E-state index in [1.54, 1.807) is 0 Å². The molecule has 0 N–H and O–H groups in total. The molecule has 0 aliphatic heterocycles. The summed E-state index contributed by atoms with van der Waals surface area (Å²) in [5.74, 6) is 0. The third-order valence-electron chi connectivity index (χ3n) is 3.66. The van der Waals surface area contributed by atoms with Gasteiger partial charge in [-0.1, -0.05) is 17.7 Å². The van der Waals surface area contributed by atoms with Gasteiger partial charge in [-0.05, 0) is 39.0 Å². The lowest BCUT2D eigenvalue weighted by atomic mass is 10.2. The van der Waals surface area contributed by atoms with Crippen molar-refractivity contribution >= 4 is 11.9 Å². The van der Waals surface area contributed by atoms with Crippen molar-refractivity contribution in [3.63, 3.8) is 0 Å². The van der Waals surface area contributed by atoms with Gasteiger partial charge in [-0.15, -0.1) is 0 Å². The first-order valence-corrected chi connectivity index (χ1v) is 7.01. The molecule has 0 atom stereocenters. The average Bonchev–Trinajstić information content (AvgIpc) is 2.77. The summed E-state index contributed by atoms with van der Waals surface area (Å²) in [6, 6.07) is 12.3. The van der Waals surface area contributed by atoms with Crippen molar-refractivity contribution in [2.24, 2.45) is 12.1 Å². The van der Waals surface area contributed by atoms with Gasteiger partial charge < -0.3 is 4.57 Å². The molecule has 0 saturated heterocycles. The Morgan fingerprint density at radius 2 is 1.95 bits per heavy atom. The minimum Gasteiger partial charge on any atom is -0.339 e. The van der Waals surface area contributed by atoms with Crippen LogP contribution in [-0.4, -0.2) is 17.3 Å². The van der Waals surface area contributed by atoms with Gasteiger partial charge in [0.2, 0.25) is 0 Å². The van der Waals surface area contributed by atoms with Gasteiger partial charge >= 0.3 is 0 Å². The van der Waals surface area contributed by atoms with E-state index in [0.717, 1.165) is 23.5 Å². The second-order valence-corrected chi connectivity index (χ2v) is 5.04. The molecule has 0 unspecified atom stereocenters. The lowest BCUT2D eigenvalue weighted by molar-refractivity contribution is 0.864. The van der Waals surface area contributed by atoms with Crippen LogP contribution in [0.1, 0.15) is 29.4 Å². The normalized spacial score (nSPS) is 10.8. The standard InChI is InChI=1S/C17H20N4/c1-5-21(16-8-6-13(2)7-9-16)19-12-15-10-17(11-18)20(4)14(15)3/h6-10,12H,5H2,1-4H3/b19-12-. The van der Waals surface area contributed by atoms with Crippen LogP contribution in [0.15, 0.2) is 35.4 Å². The number of hydrogen-bond acceptors (Lipinski definition) is 3. The second kappa shape index (κ2) is 6.27. The highest BCUT2D eigenvalue weighted by atomic mass is 15.4. The first kappa shape index (κ1) is 14.9. The van der Waals surface area contributed by atoms with Crippen LogP contribution in [0.3, 0.4) is 0 Å². The maximum atomic E-state index is 9.06. The van der Waals surface area contributed by atoms with Crippen LogP contribution in [0.4, 0.5) is 5.69 Å². The number of hydrogen-bond donors (Lipinski definition) is 0. The van der Waals surface area contributed by atoms with Crippen molar-refractivity contribution in [1.82, 2.24) is 4.57 Å². The third-order valence-corrected chi connectivity index (χ3v) is 3.66. The Balaban J connectivity index is 2.26. The predicted molar refractivity (Wildman–Crippen MR) is 86.7 cm³/mol. The van der Waals surface area contributed by atoms with Gasteiger partial charge in [-0.2, -0.15) is 10.4 Å². The van der Waals surface area contributed by atoms with E-state index in [-0.39, 0.29) is 0 Å². The molecule has 1 heterocycles. The zero-order valence-electron chi connectivity index (χ0n) is 13.0. The fraction of sp³-hybridized carbons (Fsp3) is 0.294. The van der Waals surface area contributed by atoms with E-state index in [1.165, 1.54) is 5.56 Å². The van der Waals surface area contributed by atoms with Crippen LogP contribution in [-0.2, 0) is 7.05 Å². The molecule has 0 radical (unpaired) electrons. The number of aromatic nitrogens is 1. The Hall–Kier alpha value is -2.54. The van der Waals surface area contributed by atoms with Crippen molar-refractivity contribution in [2.75, 3.05) is 11.6 Å². The van der Waals surface area contributed by atoms with E-state index in [0.29, 0.717) is 5.69 Å². The number of nitriles is 1. The SMILES string of the molecule is CCN(/N=C\c1cc(C#N)n(C)c1C)c1ccc(C)cc1. The van der Waals surface area contributed by atoms with Crippen LogP contribution >= 0.6 is 0 Å². The second-order valence-electron chi connectivity index (χ2n) is 5.04. The summed E-state index contributed by atoms with van der Waals surface area (Å²) in [6.45, 7) is 6.91. The van der Waals surface area contributed by atoms with E-state index in [4.69, 9.17) is 5.26 Å². The summed E-state index contributed by atoms with van der Waals surface area (Å²) in [5, 5.41) is 15.5. The van der Waals surface area contributed by atoms with Crippen LogP contribution in [0, 0.1) is 25.2 Å². The van der Waals surface area contributed by atoms with E-state index in [1.807, 2.05) is 35.8 Å². The fourth-order valence-corrected chi connectivity index (χ4v) is 2.14. The Morgan fingerprint density at radius 3 is 2.48 bits per heavy atom. The smallest absolute Gasteiger partial charge is 0.120 e. The van der Waals surface area contributed by atoms with Gasteiger partial charge in [0.05, 0.1) is 11.9 Å². The van der Waals surface area contributed by atoms with Crippen molar-refractivity contribution in [3.8, 4) is 6.07 Å². The Bertz CT molecular complexity index is 687. The highest BCUT2D eigenvalue weighted by molar-refractivity contribution is 5.82. The van der Waals surface area contributed by atoms with Crippen molar-refractivity contribution < 1.29 is 0 Å². The monoisotopic (exact) mass is 280 g/mol. The summed E-state index contributed by atoms with van der Waals surface area (Å²) in [6.07, 6.45) is 1.82. The molecule has 1 aromatic carbocycles. The zero-order chi connectivity index (χ0) is 15.4. The molecule has 21 heavy (non-hydrogen) atoms. The quantitative estimate of drug-likeness (QED) is 0.636. The zero-order valence-corrected chi connectivity index (χ0v) is 13.0. The topological polar surface area (TPSA) is 44.3 Å². The van der Waals surface area contributed by atoms with Crippen LogP contribution in [0.5, 0.6) is 0 Å². The molecular formula is C17H20N4. The van der Waals surface area contributed by atoms with E-state index in [9.17, 15) is 0 Å². The summed E-state index contributed by atoms with van der Waals surface area (Å²) >= 11 is 0. The summed E-state index contributed by atoms with van der Waals surface area (Å²) in [5.41, 5.74) is 4.95. The van der Waals surface area contributed by atoms with Crippen molar-refractivity contribution in [1.29, 1.82) is 5.26 Å². The van der Waals surface area contributed by atoms with Crippen LogP contribution in [0.25, 0.3) is 0 Å². The summed E-state index contributed by atoms with van der Waals surface area (Å²) < 4.78 is 1.88. The van der Waals surface area contributed by atoms with Gasteiger partial charge in [0, 0.05) is 24.8 Å². The van der Waals surface area contributed by atoms with Gasteiger partial charge in [0.25, 0.3) is 0 Å². The largest absolute Gasteiger partial charge is 0.339 e. The maximum absolute atomic E-state index is 9.06. The third kappa shape index (κ3) is 3.14. The van der Waals surface area contributed by atoms with Gasteiger partial charge in [-0.25, -0.2) is 0 Å². The van der Waals surface area contributed by atoms with Crippen LogP contribution in [0.2, 0.25) is 0 Å². The van der Waals surface area contributed by atoms with Gasteiger partial charge in [0.1, 0.15) is 11.8 Å².